The van der Waals surface area contributed by atoms with E-state index in [0.29, 0.717) is 38.8 Å². The normalized spacial score (nSPS) is 16.0. The molecule has 1 fully saturated rings. The molecule has 2 aromatic rings. The maximum Gasteiger partial charge on any atom is 0.410 e. The molecule has 2 heterocycles. The molecule has 1 aliphatic heterocycles. The average molecular weight is 572 g/mol. The topological polar surface area (TPSA) is 136 Å². The number of alkyl carbamates (subject to hydrolysis) is 1. The Balaban J connectivity index is 1.66. The number of benzene rings is 1. The van der Waals surface area contributed by atoms with Crippen LogP contribution in [0.25, 0.3) is 0 Å². The van der Waals surface area contributed by atoms with Gasteiger partial charge in [-0.1, -0.05) is 36.8 Å². The summed E-state index contributed by atoms with van der Waals surface area (Å²) < 4.78 is 16.9. The lowest BCUT2D eigenvalue weighted by Gasteiger charge is -2.33. The highest BCUT2D eigenvalue weighted by atomic mass is 16.6. The van der Waals surface area contributed by atoms with Gasteiger partial charge in [0.2, 0.25) is 17.7 Å². The Bertz CT molecular complexity index is 1170. The molecule has 0 radical (unpaired) electrons. The lowest BCUT2D eigenvalue weighted by atomic mass is 9.95. The standard InChI is InChI=1S/C30H45N5O6/c1-9-22(31-24(36)21-14-16-35(17-15-21)28(38)41-30(6,7)8)25-33-34-26(39-25)23(32-27(37)40-29(3,4)5)18-20-12-10-19(2)11-13-20/h10-13,21-23H,9,14-18H2,1-8H3,(H,31,36)(H,32,37)/t22-,23-/m0/s1. The number of likely N-dealkylation sites (tertiary alicyclic amines) is 1. The maximum absolute atomic E-state index is 13.1. The van der Waals surface area contributed by atoms with Crippen molar-refractivity contribution in [1.82, 2.24) is 25.7 Å². The number of ether oxygens (including phenoxy) is 2. The van der Waals surface area contributed by atoms with Gasteiger partial charge in [-0.05, 0) is 73.3 Å². The van der Waals surface area contributed by atoms with Gasteiger partial charge < -0.3 is 29.4 Å². The molecular weight excluding hydrogens is 526 g/mol. The zero-order valence-electron chi connectivity index (χ0n) is 25.6. The maximum atomic E-state index is 13.1. The molecule has 1 aliphatic rings. The quantitative estimate of drug-likeness (QED) is 0.430. The summed E-state index contributed by atoms with van der Waals surface area (Å²) in [4.78, 5) is 39.8. The van der Waals surface area contributed by atoms with Gasteiger partial charge >= 0.3 is 12.2 Å². The second kappa shape index (κ2) is 13.4. The molecule has 3 rings (SSSR count). The molecule has 1 aromatic carbocycles. The van der Waals surface area contributed by atoms with E-state index < -0.39 is 29.4 Å². The highest BCUT2D eigenvalue weighted by Crippen LogP contribution is 2.25. The van der Waals surface area contributed by atoms with Crippen LogP contribution >= 0.6 is 0 Å². The fourth-order valence-corrected chi connectivity index (χ4v) is 4.42. The van der Waals surface area contributed by atoms with Gasteiger partial charge in [-0.25, -0.2) is 9.59 Å². The Morgan fingerprint density at radius 1 is 0.927 bits per heavy atom. The first-order valence-corrected chi connectivity index (χ1v) is 14.3. The van der Waals surface area contributed by atoms with E-state index in [0.717, 1.165) is 11.1 Å². The molecule has 0 unspecified atom stereocenters. The van der Waals surface area contributed by atoms with E-state index in [4.69, 9.17) is 13.9 Å². The minimum absolute atomic E-state index is 0.122. The Labute approximate surface area is 242 Å². The number of piperidine rings is 1. The van der Waals surface area contributed by atoms with Crippen molar-refractivity contribution in [2.45, 2.75) is 104 Å². The fourth-order valence-electron chi connectivity index (χ4n) is 4.42. The van der Waals surface area contributed by atoms with Crippen LogP contribution in [0, 0.1) is 12.8 Å². The van der Waals surface area contributed by atoms with Crippen molar-refractivity contribution in [2.75, 3.05) is 13.1 Å². The number of amides is 3. The average Bonchev–Trinajstić information content (AvgIpc) is 3.36. The van der Waals surface area contributed by atoms with Crippen LogP contribution in [0.3, 0.4) is 0 Å². The molecule has 3 amide bonds. The molecule has 0 aliphatic carbocycles. The number of hydrogen-bond donors (Lipinski definition) is 2. The van der Waals surface area contributed by atoms with Crippen molar-refractivity contribution >= 4 is 18.1 Å². The Morgan fingerprint density at radius 2 is 1.49 bits per heavy atom. The molecular formula is C30H45N5O6. The van der Waals surface area contributed by atoms with Crippen LogP contribution in [-0.2, 0) is 20.7 Å². The summed E-state index contributed by atoms with van der Waals surface area (Å²) in [6.45, 7) is 15.7. The van der Waals surface area contributed by atoms with Gasteiger partial charge in [0, 0.05) is 25.4 Å². The monoisotopic (exact) mass is 571 g/mol. The Hall–Kier alpha value is -3.63. The molecule has 226 valence electrons. The summed E-state index contributed by atoms with van der Waals surface area (Å²) in [5, 5.41) is 14.3. The summed E-state index contributed by atoms with van der Waals surface area (Å²) in [6.07, 6.45) is 1.07. The minimum Gasteiger partial charge on any atom is -0.444 e. The third-order valence-electron chi connectivity index (χ3n) is 6.55. The van der Waals surface area contributed by atoms with Gasteiger partial charge in [0.1, 0.15) is 23.3 Å². The van der Waals surface area contributed by atoms with E-state index in [-0.39, 0.29) is 29.7 Å². The third-order valence-corrected chi connectivity index (χ3v) is 6.55. The van der Waals surface area contributed by atoms with E-state index >= 15 is 0 Å². The van der Waals surface area contributed by atoms with Crippen molar-refractivity contribution in [3.8, 4) is 0 Å². The second-order valence-electron chi connectivity index (χ2n) is 12.6. The molecule has 11 heteroatoms. The minimum atomic E-state index is -0.668. The molecule has 41 heavy (non-hydrogen) atoms. The van der Waals surface area contributed by atoms with Gasteiger partial charge in [0.05, 0.1) is 0 Å². The van der Waals surface area contributed by atoms with Crippen LogP contribution in [0.5, 0.6) is 0 Å². The SMILES string of the molecule is CC[C@H](NC(=O)C1CCN(C(=O)OC(C)(C)C)CC1)c1nnc([C@H](Cc2ccc(C)cc2)NC(=O)OC(C)(C)C)o1. The summed E-state index contributed by atoms with van der Waals surface area (Å²) in [6, 6.07) is 6.85. The first kappa shape index (κ1) is 31.9. The molecule has 2 atom stereocenters. The van der Waals surface area contributed by atoms with Crippen molar-refractivity contribution in [3.63, 3.8) is 0 Å². The lowest BCUT2D eigenvalue weighted by molar-refractivity contribution is -0.127. The summed E-state index contributed by atoms with van der Waals surface area (Å²) >= 11 is 0. The van der Waals surface area contributed by atoms with E-state index in [1.807, 2.05) is 58.9 Å². The van der Waals surface area contributed by atoms with Crippen LogP contribution in [-0.4, -0.2) is 57.5 Å². The van der Waals surface area contributed by atoms with Crippen LogP contribution < -0.4 is 10.6 Å². The van der Waals surface area contributed by atoms with Gasteiger partial charge in [0.25, 0.3) is 0 Å². The number of carbonyl (C=O) groups excluding carboxylic acids is 3. The van der Waals surface area contributed by atoms with Crippen molar-refractivity contribution in [3.05, 3.63) is 47.2 Å². The molecule has 2 N–H and O–H groups in total. The zero-order chi connectivity index (χ0) is 30.4. The van der Waals surface area contributed by atoms with E-state index in [9.17, 15) is 14.4 Å². The highest BCUT2D eigenvalue weighted by Gasteiger charge is 2.32. The van der Waals surface area contributed by atoms with E-state index in [1.54, 1.807) is 25.7 Å². The highest BCUT2D eigenvalue weighted by molar-refractivity contribution is 5.79. The van der Waals surface area contributed by atoms with E-state index in [2.05, 4.69) is 20.8 Å². The number of nitrogens with one attached hydrogen (secondary N) is 2. The van der Waals surface area contributed by atoms with E-state index in [1.165, 1.54) is 0 Å². The van der Waals surface area contributed by atoms with Crippen LogP contribution in [0.2, 0.25) is 0 Å². The summed E-state index contributed by atoms with van der Waals surface area (Å²) in [7, 11) is 0. The van der Waals surface area contributed by atoms with Crippen molar-refractivity contribution in [1.29, 1.82) is 0 Å². The summed E-state index contributed by atoms with van der Waals surface area (Å²) in [5.74, 6) is 0.128. The first-order valence-electron chi connectivity index (χ1n) is 14.3. The van der Waals surface area contributed by atoms with Gasteiger partial charge in [-0.15, -0.1) is 10.2 Å². The van der Waals surface area contributed by atoms with Gasteiger partial charge in [-0.2, -0.15) is 0 Å². The molecule has 0 saturated carbocycles. The largest absolute Gasteiger partial charge is 0.444 e. The van der Waals surface area contributed by atoms with Crippen molar-refractivity contribution < 1.29 is 28.3 Å². The number of rotatable bonds is 8. The Kier molecular flexibility index (Phi) is 10.4. The second-order valence-corrected chi connectivity index (χ2v) is 12.6. The van der Waals surface area contributed by atoms with Crippen molar-refractivity contribution in [2.24, 2.45) is 5.92 Å². The number of hydrogen-bond acceptors (Lipinski definition) is 8. The van der Waals surface area contributed by atoms with Gasteiger partial charge in [0.15, 0.2) is 0 Å². The summed E-state index contributed by atoms with van der Waals surface area (Å²) in [5.41, 5.74) is 0.875. The molecule has 0 bridgehead atoms. The van der Waals surface area contributed by atoms with Crippen LogP contribution in [0.4, 0.5) is 9.59 Å². The number of aryl methyl sites for hydroxylation is 1. The number of carbonyl (C=O) groups is 3. The van der Waals surface area contributed by atoms with Crippen LogP contribution in [0.15, 0.2) is 28.7 Å². The predicted octanol–water partition coefficient (Wildman–Crippen LogP) is 5.40. The zero-order valence-corrected chi connectivity index (χ0v) is 25.6. The third kappa shape index (κ3) is 10.1. The predicted molar refractivity (Wildman–Crippen MR) is 153 cm³/mol. The molecule has 1 aromatic heterocycles. The fraction of sp³-hybridized carbons (Fsp3) is 0.633. The van der Waals surface area contributed by atoms with Crippen LogP contribution in [0.1, 0.15) is 103 Å². The Morgan fingerprint density at radius 3 is 2.02 bits per heavy atom. The first-order chi connectivity index (χ1) is 19.1. The smallest absolute Gasteiger partial charge is 0.410 e. The van der Waals surface area contributed by atoms with Gasteiger partial charge in [-0.3, -0.25) is 4.79 Å². The number of aromatic nitrogens is 2. The molecule has 0 spiro atoms. The molecule has 11 nitrogen and oxygen atoms in total. The molecule has 1 saturated heterocycles. The number of nitrogens with zero attached hydrogens (tertiary/aromatic N) is 3. The lowest BCUT2D eigenvalue weighted by Crippen LogP contribution is -2.45.